The first kappa shape index (κ1) is 13.0. The second kappa shape index (κ2) is 5.46. The molecule has 0 bridgehead atoms. The molecule has 0 saturated carbocycles. The number of nitrogens with zero attached hydrogens (tertiary/aromatic N) is 1. The van der Waals surface area contributed by atoms with E-state index in [0.29, 0.717) is 10.2 Å². The SMILES string of the molecule is O=C(Nc1ccc(Br)c(F)c1)c1cccc(Cl)n1. The average Bonchev–Trinajstić information content (AvgIpc) is 2.34. The van der Waals surface area contributed by atoms with Crippen LogP contribution in [0.2, 0.25) is 5.15 Å². The number of hydrogen-bond donors (Lipinski definition) is 1. The van der Waals surface area contributed by atoms with E-state index in [1.807, 2.05) is 0 Å². The molecule has 1 amide bonds. The summed E-state index contributed by atoms with van der Waals surface area (Å²) in [6.07, 6.45) is 0. The molecule has 2 rings (SSSR count). The molecule has 3 nitrogen and oxygen atoms in total. The van der Waals surface area contributed by atoms with E-state index in [1.54, 1.807) is 18.2 Å². The van der Waals surface area contributed by atoms with Crippen LogP contribution in [-0.2, 0) is 0 Å². The zero-order valence-corrected chi connectivity index (χ0v) is 11.3. The first-order valence-corrected chi connectivity index (χ1v) is 6.12. The minimum absolute atomic E-state index is 0.172. The van der Waals surface area contributed by atoms with E-state index in [9.17, 15) is 9.18 Å². The molecule has 2 aromatic rings. The number of aromatic nitrogens is 1. The Hall–Kier alpha value is -1.46. The Bertz CT molecular complexity index is 606. The van der Waals surface area contributed by atoms with Gasteiger partial charge in [-0.25, -0.2) is 9.37 Å². The van der Waals surface area contributed by atoms with Gasteiger partial charge >= 0.3 is 0 Å². The van der Waals surface area contributed by atoms with Gasteiger partial charge in [-0.15, -0.1) is 0 Å². The molecular weight excluding hydrogens is 322 g/mol. The van der Waals surface area contributed by atoms with Gasteiger partial charge in [0.1, 0.15) is 16.7 Å². The Morgan fingerprint density at radius 1 is 1.33 bits per heavy atom. The van der Waals surface area contributed by atoms with Crippen molar-refractivity contribution in [2.75, 3.05) is 5.32 Å². The quantitative estimate of drug-likeness (QED) is 0.849. The highest BCUT2D eigenvalue weighted by Crippen LogP contribution is 2.19. The van der Waals surface area contributed by atoms with Crippen LogP contribution in [0.3, 0.4) is 0 Å². The number of amides is 1. The van der Waals surface area contributed by atoms with Crippen molar-refractivity contribution in [1.82, 2.24) is 4.98 Å². The topological polar surface area (TPSA) is 42.0 Å². The standard InChI is InChI=1S/C12H7BrClFN2O/c13-8-5-4-7(6-9(8)15)16-12(18)10-2-1-3-11(14)17-10/h1-6H,(H,16,18). The van der Waals surface area contributed by atoms with Crippen LogP contribution < -0.4 is 5.32 Å². The van der Waals surface area contributed by atoms with Crippen molar-refractivity contribution in [1.29, 1.82) is 0 Å². The second-order valence-corrected chi connectivity index (χ2v) is 4.67. The fourth-order valence-electron chi connectivity index (χ4n) is 1.30. The molecule has 0 aliphatic carbocycles. The van der Waals surface area contributed by atoms with Crippen molar-refractivity contribution < 1.29 is 9.18 Å². The zero-order chi connectivity index (χ0) is 13.1. The molecule has 0 fully saturated rings. The fourth-order valence-corrected chi connectivity index (χ4v) is 1.71. The molecule has 18 heavy (non-hydrogen) atoms. The van der Waals surface area contributed by atoms with E-state index in [2.05, 4.69) is 26.2 Å². The van der Waals surface area contributed by atoms with Gasteiger partial charge in [0.05, 0.1) is 4.47 Å². The lowest BCUT2D eigenvalue weighted by Gasteiger charge is -2.05. The average molecular weight is 330 g/mol. The summed E-state index contributed by atoms with van der Waals surface area (Å²) in [6.45, 7) is 0. The van der Waals surface area contributed by atoms with Crippen molar-refractivity contribution >= 4 is 39.1 Å². The van der Waals surface area contributed by atoms with Gasteiger partial charge < -0.3 is 5.32 Å². The summed E-state index contributed by atoms with van der Waals surface area (Å²) in [5, 5.41) is 2.76. The summed E-state index contributed by atoms with van der Waals surface area (Å²) in [6, 6.07) is 9.01. The van der Waals surface area contributed by atoms with Crippen molar-refractivity contribution in [2.24, 2.45) is 0 Å². The van der Waals surface area contributed by atoms with Gasteiger partial charge in [0.25, 0.3) is 5.91 Å². The van der Waals surface area contributed by atoms with E-state index in [0.717, 1.165) is 0 Å². The van der Waals surface area contributed by atoms with Crippen LogP contribution in [-0.4, -0.2) is 10.9 Å². The van der Waals surface area contributed by atoms with Crippen LogP contribution in [0, 0.1) is 5.82 Å². The minimum Gasteiger partial charge on any atom is -0.321 e. The van der Waals surface area contributed by atoms with Gasteiger partial charge in [-0.2, -0.15) is 0 Å². The number of halogens is 3. The fraction of sp³-hybridized carbons (Fsp3) is 0. The zero-order valence-electron chi connectivity index (χ0n) is 8.95. The van der Waals surface area contributed by atoms with E-state index < -0.39 is 11.7 Å². The molecule has 6 heteroatoms. The van der Waals surface area contributed by atoms with Gasteiger partial charge in [-0.3, -0.25) is 4.79 Å². The third kappa shape index (κ3) is 3.05. The maximum Gasteiger partial charge on any atom is 0.274 e. The molecule has 0 atom stereocenters. The Labute approximate surface area is 116 Å². The molecule has 1 aromatic carbocycles. The molecule has 1 N–H and O–H groups in total. The van der Waals surface area contributed by atoms with Crippen LogP contribution in [0.1, 0.15) is 10.5 Å². The van der Waals surface area contributed by atoms with Gasteiger partial charge in [0.15, 0.2) is 0 Å². The number of benzene rings is 1. The summed E-state index contributed by atoms with van der Waals surface area (Å²) in [7, 11) is 0. The van der Waals surface area contributed by atoms with E-state index in [1.165, 1.54) is 18.2 Å². The predicted octanol–water partition coefficient (Wildman–Crippen LogP) is 3.89. The molecule has 1 aromatic heterocycles. The third-order valence-corrected chi connectivity index (χ3v) is 2.98. The summed E-state index contributed by atoms with van der Waals surface area (Å²) in [4.78, 5) is 15.7. The molecule has 0 spiro atoms. The maximum atomic E-state index is 13.3. The molecule has 1 heterocycles. The van der Waals surface area contributed by atoms with Gasteiger partial charge in [-0.1, -0.05) is 17.7 Å². The number of pyridine rings is 1. The Balaban J connectivity index is 2.18. The Morgan fingerprint density at radius 2 is 2.11 bits per heavy atom. The molecular formula is C12H7BrClFN2O. The van der Waals surface area contributed by atoms with E-state index in [4.69, 9.17) is 11.6 Å². The third-order valence-electron chi connectivity index (χ3n) is 2.13. The lowest BCUT2D eigenvalue weighted by molar-refractivity contribution is 0.102. The molecule has 0 unspecified atom stereocenters. The highest BCUT2D eigenvalue weighted by Gasteiger charge is 2.09. The number of hydrogen-bond acceptors (Lipinski definition) is 2. The highest BCUT2D eigenvalue weighted by molar-refractivity contribution is 9.10. The first-order valence-electron chi connectivity index (χ1n) is 4.95. The van der Waals surface area contributed by atoms with E-state index in [-0.39, 0.29) is 10.8 Å². The Kier molecular flexibility index (Phi) is 3.93. The number of anilines is 1. The summed E-state index contributed by atoms with van der Waals surface area (Å²) >= 11 is 8.71. The van der Waals surface area contributed by atoms with Crippen molar-refractivity contribution in [3.05, 3.63) is 57.5 Å². The van der Waals surface area contributed by atoms with Crippen LogP contribution in [0.25, 0.3) is 0 Å². The molecule has 92 valence electrons. The first-order chi connectivity index (χ1) is 8.56. The van der Waals surface area contributed by atoms with Crippen LogP contribution in [0.15, 0.2) is 40.9 Å². The minimum atomic E-state index is -0.452. The number of nitrogens with one attached hydrogen (secondary N) is 1. The molecule has 0 aliphatic heterocycles. The number of rotatable bonds is 2. The lowest BCUT2D eigenvalue weighted by atomic mass is 10.3. The van der Waals surface area contributed by atoms with Crippen molar-refractivity contribution in [2.45, 2.75) is 0 Å². The maximum absolute atomic E-state index is 13.3. The Morgan fingerprint density at radius 3 is 2.78 bits per heavy atom. The highest BCUT2D eigenvalue weighted by atomic mass is 79.9. The lowest BCUT2D eigenvalue weighted by Crippen LogP contribution is -2.13. The smallest absolute Gasteiger partial charge is 0.274 e. The van der Waals surface area contributed by atoms with E-state index >= 15 is 0 Å². The van der Waals surface area contributed by atoms with Crippen LogP contribution >= 0.6 is 27.5 Å². The summed E-state index contributed by atoms with van der Waals surface area (Å²) in [5.41, 5.74) is 0.522. The second-order valence-electron chi connectivity index (χ2n) is 3.43. The van der Waals surface area contributed by atoms with Crippen molar-refractivity contribution in [3.63, 3.8) is 0 Å². The largest absolute Gasteiger partial charge is 0.321 e. The van der Waals surface area contributed by atoms with Crippen LogP contribution in [0.4, 0.5) is 10.1 Å². The predicted molar refractivity (Wildman–Crippen MR) is 71.3 cm³/mol. The van der Waals surface area contributed by atoms with Crippen LogP contribution in [0.5, 0.6) is 0 Å². The van der Waals surface area contributed by atoms with Gasteiger partial charge in [0, 0.05) is 5.69 Å². The van der Waals surface area contributed by atoms with Crippen molar-refractivity contribution in [3.8, 4) is 0 Å². The number of carbonyl (C=O) groups is 1. The van der Waals surface area contributed by atoms with Gasteiger partial charge in [0.2, 0.25) is 0 Å². The molecule has 0 radical (unpaired) electrons. The monoisotopic (exact) mass is 328 g/mol. The summed E-state index contributed by atoms with van der Waals surface area (Å²) < 4.78 is 13.6. The normalized spacial score (nSPS) is 10.2. The van der Waals surface area contributed by atoms with Gasteiger partial charge in [-0.05, 0) is 46.3 Å². The summed E-state index contributed by atoms with van der Waals surface area (Å²) in [5.74, 6) is -0.897. The number of carbonyl (C=O) groups excluding carboxylic acids is 1. The molecule has 0 saturated heterocycles. The molecule has 0 aliphatic rings.